The van der Waals surface area contributed by atoms with Crippen molar-refractivity contribution in [1.82, 2.24) is 0 Å². The van der Waals surface area contributed by atoms with Gasteiger partial charge in [-0.3, -0.25) is 14.4 Å². The van der Waals surface area contributed by atoms with Gasteiger partial charge in [-0.1, -0.05) is 28.1 Å². The Balaban J connectivity index is 3.02. The molecule has 0 saturated carbocycles. The second kappa shape index (κ2) is 5.56. The number of benzene rings is 1. The Morgan fingerprint density at radius 2 is 2.00 bits per heavy atom. The Kier molecular flexibility index (Phi) is 4.37. The maximum atomic E-state index is 11.2. The van der Waals surface area contributed by atoms with Crippen molar-refractivity contribution in [1.29, 1.82) is 0 Å². The maximum Gasteiger partial charge on any atom is 0.150 e. The quantitative estimate of drug-likeness (QED) is 0.605. The molecular weight excluding hydrogens is 260 g/mol. The molecule has 1 aromatic carbocycles. The van der Waals surface area contributed by atoms with Crippen LogP contribution < -0.4 is 0 Å². The van der Waals surface area contributed by atoms with E-state index in [2.05, 4.69) is 15.9 Å². The van der Waals surface area contributed by atoms with E-state index in [4.69, 9.17) is 0 Å². The van der Waals surface area contributed by atoms with E-state index in [0.29, 0.717) is 29.3 Å². The minimum atomic E-state index is -0.00282. The molecule has 0 atom stereocenters. The third-order valence-electron chi connectivity index (χ3n) is 1.97. The molecule has 1 aromatic rings. The second-order valence-electron chi connectivity index (χ2n) is 3.04. The number of hydrogen-bond acceptors (Lipinski definition) is 3. The standard InChI is InChI=1S/C11H9BrO3/c12-5-11(15)4-9-2-1-8(6-13)3-10(9)7-14/h1-3,6-7H,4-5H2. The average molecular weight is 269 g/mol. The van der Waals surface area contributed by atoms with E-state index in [1.165, 1.54) is 6.07 Å². The van der Waals surface area contributed by atoms with Crippen LogP contribution in [0.5, 0.6) is 0 Å². The van der Waals surface area contributed by atoms with Gasteiger partial charge in [0.1, 0.15) is 18.4 Å². The van der Waals surface area contributed by atoms with Crippen LogP contribution in [0, 0.1) is 0 Å². The molecule has 0 aliphatic rings. The largest absolute Gasteiger partial charge is 0.298 e. The van der Waals surface area contributed by atoms with E-state index in [9.17, 15) is 14.4 Å². The number of rotatable bonds is 5. The highest BCUT2D eigenvalue weighted by atomic mass is 79.9. The van der Waals surface area contributed by atoms with Crippen LogP contribution in [0.2, 0.25) is 0 Å². The van der Waals surface area contributed by atoms with Crippen LogP contribution in [-0.4, -0.2) is 23.7 Å². The fourth-order valence-corrected chi connectivity index (χ4v) is 1.42. The van der Waals surface area contributed by atoms with Crippen LogP contribution in [0.3, 0.4) is 0 Å². The Bertz CT molecular complexity index is 399. The van der Waals surface area contributed by atoms with Crippen molar-refractivity contribution in [2.24, 2.45) is 0 Å². The van der Waals surface area contributed by atoms with Gasteiger partial charge in [0, 0.05) is 17.5 Å². The monoisotopic (exact) mass is 268 g/mol. The summed E-state index contributed by atoms with van der Waals surface area (Å²) in [5.41, 5.74) is 1.49. The highest BCUT2D eigenvalue weighted by Gasteiger charge is 2.07. The maximum absolute atomic E-state index is 11.2. The molecule has 0 saturated heterocycles. The van der Waals surface area contributed by atoms with Crippen LogP contribution in [0.15, 0.2) is 18.2 Å². The number of alkyl halides is 1. The van der Waals surface area contributed by atoms with Crippen molar-refractivity contribution in [3.05, 3.63) is 34.9 Å². The average Bonchev–Trinajstić information content (AvgIpc) is 2.29. The van der Waals surface area contributed by atoms with Gasteiger partial charge in [-0.05, 0) is 11.6 Å². The number of Topliss-reactive ketones (excluding diaryl/α,β-unsaturated/α-hetero) is 1. The van der Waals surface area contributed by atoms with E-state index in [1.807, 2.05) is 0 Å². The van der Waals surface area contributed by atoms with E-state index in [-0.39, 0.29) is 17.5 Å². The molecule has 0 aromatic heterocycles. The molecule has 0 amide bonds. The predicted molar refractivity (Wildman–Crippen MR) is 59.7 cm³/mol. The molecule has 0 aliphatic heterocycles. The first-order chi connectivity index (χ1) is 7.21. The molecule has 15 heavy (non-hydrogen) atoms. The SMILES string of the molecule is O=Cc1ccc(CC(=O)CBr)c(C=O)c1. The van der Waals surface area contributed by atoms with Crippen LogP contribution in [-0.2, 0) is 11.2 Å². The first kappa shape index (κ1) is 11.8. The van der Waals surface area contributed by atoms with E-state index < -0.39 is 0 Å². The zero-order valence-corrected chi connectivity index (χ0v) is 9.49. The van der Waals surface area contributed by atoms with Gasteiger partial charge in [0.25, 0.3) is 0 Å². The molecule has 0 unspecified atom stereocenters. The van der Waals surface area contributed by atoms with Crippen molar-refractivity contribution < 1.29 is 14.4 Å². The number of hydrogen-bond donors (Lipinski definition) is 0. The van der Waals surface area contributed by atoms with E-state index in [0.717, 1.165) is 0 Å². The van der Waals surface area contributed by atoms with E-state index >= 15 is 0 Å². The van der Waals surface area contributed by atoms with Crippen molar-refractivity contribution in [2.75, 3.05) is 5.33 Å². The summed E-state index contributed by atoms with van der Waals surface area (Å²) in [6.07, 6.45) is 1.53. The second-order valence-corrected chi connectivity index (χ2v) is 3.60. The summed E-state index contributed by atoms with van der Waals surface area (Å²) in [5.74, 6) is -0.00282. The summed E-state index contributed by atoms with van der Waals surface area (Å²) >= 11 is 3.05. The number of carbonyl (C=O) groups is 3. The summed E-state index contributed by atoms with van der Waals surface area (Å²) in [6.45, 7) is 0. The molecule has 0 fully saturated rings. The summed E-state index contributed by atoms with van der Waals surface area (Å²) in [7, 11) is 0. The fraction of sp³-hybridized carbons (Fsp3) is 0.182. The van der Waals surface area contributed by atoms with Gasteiger partial charge < -0.3 is 0 Å². The zero-order valence-electron chi connectivity index (χ0n) is 7.90. The molecule has 0 heterocycles. The van der Waals surface area contributed by atoms with Crippen LogP contribution in [0.25, 0.3) is 0 Å². The molecule has 78 valence electrons. The molecule has 0 spiro atoms. The van der Waals surface area contributed by atoms with Gasteiger partial charge in [-0.15, -0.1) is 0 Å². The third-order valence-corrected chi connectivity index (χ3v) is 2.60. The van der Waals surface area contributed by atoms with Crippen molar-refractivity contribution in [2.45, 2.75) is 6.42 Å². The van der Waals surface area contributed by atoms with Crippen LogP contribution >= 0.6 is 15.9 Å². The lowest BCUT2D eigenvalue weighted by molar-refractivity contribution is -0.115. The number of halogens is 1. The predicted octanol–water partition coefficient (Wildman–Crippen LogP) is 1.82. The van der Waals surface area contributed by atoms with Gasteiger partial charge in [0.15, 0.2) is 0 Å². The summed E-state index contributed by atoms with van der Waals surface area (Å²) in [4.78, 5) is 32.4. The lowest BCUT2D eigenvalue weighted by Gasteiger charge is -2.03. The molecule has 3 nitrogen and oxygen atoms in total. The lowest BCUT2D eigenvalue weighted by atomic mass is 10.0. The Morgan fingerprint density at radius 3 is 2.53 bits per heavy atom. The molecule has 0 radical (unpaired) electrons. The van der Waals surface area contributed by atoms with Crippen molar-refractivity contribution in [3.63, 3.8) is 0 Å². The van der Waals surface area contributed by atoms with Crippen LogP contribution in [0.1, 0.15) is 26.3 Å². The molecule has 0 aliphatic carbocycles. The minimum absolute atomic E-state index is 0.00282. The molecule has 0 bridgehead atoms. The Morgan fingerprint density at radius 1 is 1.27 bits per heavy atom. The molecule has 1 rings (SSSR count). The normalized spacial score (nSPS) is 9.67. The topological polar surface area (TPSA) is 51.2 Å². The van der Waals surface area contributed by atoms with Crippen molar-refractivity contribution >= 4 is 34.3 Å². The lowest BCUT2D eigenvalue weighted by Crippen LogP contribution is -2.06. The van der Waals surface area contributed by atoms with Gasteiger partial charge in [-0.25, -0.2) is 0 Å². The fourth-order valence-electron chi connectivity index (χ4n) is 1.22. The first-order valence-electron chi connectivity index (χ1n) is 4.32. The zero-order chi connectivity index (χ0) is 11.3. The molecular formula is C11H9BrO3. The minimum Gasteiger partial charge on any atom is -0.298 e. The number of ketones is 1. The van der Waals surface area contributed by atoms with Gasteiger partial charge in [0.05, 0.1) is 5.33 Å². The van der Waals surface area contributed by atoms with Gasteiger partial charge in [-0.2, -0.15) is 0 Å². The van der Waals surface area contributed by atoms with Gasteiger partial charge >= 0.3 is 0 Å². The molecule has 4 heteroatoms. The van der Waals surface area contributed by atoms with Crippen LogP contribution in [0.4, 0.5) is 0 Å². The number of aldehydes is 2. The summed E-state index contributed by atoms with van der Waals surface area (Å²) < 4.78 is 0. The number of carbonyl (C=O) groups excluding carboxylic acids is 3. The summed E-state index contributed by atoms with van der Waals surface area (Å²) in [5, 5.41) is 0.265. The van der Waals surface area contributed by atoms with Crippen molar-refractivity contribution in [3.8, 4) is 0 Å². The smallest absolute Gasteiger partial charge is 0.150 e. The Labute approximate surface area is 95.6 Å². The van der Waals surface area contributed by atoms with E-state index in [1.54, 1.807) is 12.1 Å². The molecule has 0 N–H and O–H groups in total. The Hall–Kier alpha value is -1.29. The highest BCUT2D eigenvalue weighted by Crippen LogP contribution is 2.11. The summed E-state index contributed by atoms with van der Waals surface area (Å²) in [6, 6.07) is 4.71. The first-order valence-corrected chi connectivity index (χ1v) is 5.44. The third kappa shape index (κ3) is 3.09. The highest BCUT2D eigenvalue weighted by molar-refractivity contribution is 9.09. The van der Waals surface area contributed by atoms with Gasteiger partial charge in [0.2, 0.25) is 0 Å².